The third kappa shape index (κ3) is 3.91. The molecule has 10 heteroatoms. The fraction of sp³-hybridized carbons (Fsp3) is 0.150. The number of sulfonamides is 1. The van der Waals surface area contributed by atoms with Crippen LogP contribution in [0.5, 0.6) is 17.2 Å². The number of thiophene rings is 1. The van der Waals surface area contributed by atoms with Crippen LogP contribution in [0.3, 0.4) is 0 Å². The van der Waals surface area contributed by atoms with Gasteiger partial charge in [-0.3, -0.25) is 9.10 Å². The van der Waals surface area contributed by atoms with Gasteiger partial charge in [0, 0.05) is 11.8 Å². The number of amides is 1. The van der Waals surface area contributed by atoms with Crippen molar-refractivity contribution in [2.45, 2.75) is 4.21 Å². The third-order valence-corrected chi connectivity index (χ3v) is 7.47. The first-order chi connectivity index (χ1) is 14.5. The number of rotatable bonds is 7. The van der Waals surface area contributed by atoms with Crippen molar-refractivity contribution >= 4 is 38.6 Å². The van der Waals surface area contributed by atoms with Gasteiger partial charge in [-0.2, -0.15) is 0 Å². The van der Waals surface area contributed by atoms with E-state index in [0.717, 1.165) is 15.6 Å². The molecule has 1 aliphatic heterocycles. The Morgan fingerprint density at radius 2 is 1.93 bits per heavy atom. The molecule has 2 aromatic carbocycles. The number of hydrogen-bond donors (Lipinski definition) is 1. The molecule has 0 bridgehead atoms. The van der Waals surface area contributed by atoms with Gasteiger partial charge in [0.2, 0.25) is 12.7 Å². The van der Waals surface area contributed by atoms with Gasteiger partial charge in [0.05, 0.1) is 12.8 Å². The molecule has 8 nitrogen and oxygen atoms in total. The van der Waals surface area contributed by atoms with Gasteiger partial charge in [-0.25, -0.2) is 8.42 Å². The maximum atomic E-state index is 13.3. The predicted molar refractivity (Wildman–Crippen MR) is 113 cm³/mol. The van der Waals surface area contributed by atoms with E-state index in [1.165, 1.54) is 13.2 Å². The molecule has 1 amide bonds. The first kappa shape index (κ1) is 20.0. The lowest BCUT2D eigenvalue weighted by Gasteiger charge is -2.25. The summed E-state index contributed by atoms with van der Waals surface area (Å²) in [6.07, 6.45) is 0. The lowest BCUT2D eigenvalue weighted by atomic mass is 10.2. The minimum Gasteiger partial charge on any atom is -0.495 e. The lowest BCUT2D eigenvalue weighted by molar-refractivity contribution is -0.114. The number of methoxy groups -OCH3 is 1. The zero-order valence-electron chi connectivity index (χ0n) is 15.9. The van der Waals surface area contributed by atoms with Gasteiger partial charge in [-0.05, 0) is 35.7 Å². The summed E-state index contributed by atoms with van der Waals surface area (Å²) >= 11 is 1.08. The Kier molecular flexibility index (Phi) is 5.51. The van der Waals surface area contributed by atoms with Crippen LogP contribution in [0.4, 0.5) is 11.4 Å². The van der Waals surface area contributed by atoms with Crippen molar-refractivity contribution in [2.24, 2.45) is 0 Å². The van der Waals surface area contributed by atoms with Gasteiger partial charge in [0.15, 0.2) is 11.5 Å². The highest BCUT2D eigenvalue weighted by Gasteiger charge is 2.30. The molecular weight excluding hydrogens is 428 g/mol. The van der Waals surface area contributed by atoms with Crippen LogP contribution in [0.15, 0.2) is 64.2 Å². The maximum absolute atomic E-state index is 13.3. The Morgan fingerprint density at radius 1 is 1.13 bits per heavy atom. The summed E-state index contributed by atoms with van der Waals surface area (Å²) < 4.78 is 43.6. The van der Waals surface area contributed by atoms with Crippen molar-refractivity contribution < 1.29 is 27.4 Å². The minimum atomic E-state index is -3.97. The normalized spacial score (nSPS) is 12.4. The van der Waals surface area contributed by atoms with Gasteiger partial charge in [-0.15, -0.1) is 11.3 Å². The van der Waals surface area contributed by atoms with E-state index in [2.05, 4.69) is 5.32 Å². The van der Waals surface area contributed by atoms with Crippen molar-refractivity contribution in [1.82, 2.24) is 0 Å². The molecule has 2 heterocycles. The number of carbonyl (C=O) groups is 1. The summed E-state index contributed by atoms with van der Waals surface area (Å²) in [5.41, 5.74) is 0.743. The molecule has 0 fully saturated rings. The summed E-state index contributed by atoms with van der Waals surface area (Å²) in [6, 6.07) is 14.8. The monoisotopic (exact) mass is 446 g/mol. The summed E-state index contributed by atoms with van der Waals surface area (Å²) in [5, 5.41) is 4.38. The third-order valence-electron chi connectivity index (χ3n) is 4.34. The molecule has 4 rings (SSSR count). The SMILES string of the molecule is COc1ccccc1N(CC(=O)Nc1ccc2c(c1)OCO2)S(=O)(=O)c1cccs1. The highest BCUT2D eigenvalue weighted by molar-refractivity contribution is 7.94. The largest absolute Gasteiger partial charge is 0.495 e. The number of nitrogens with one attached hydrogen (secondary N) is 1. The van der Waals surface area contributed by atoms with Crippen LogP contribution in [0.2, 0.25) is 0 Å². The van der Waals surface area contributed by atoms with Crippen LogP contribution in [0.1, 0.15) is 0 Å². The molecule has 0 saturated heterocycles. The number of fused-ring (bicyclic) bond motifs is 1. The molecule has 1 aliphatic rings. The quantitative estimate of drug-likeness (QED) is 0.598. The van der Waals surface area contributed by atoms with Crippen molar-refractivity contribution in [3.05, 3.63) is 60.0 Å². The van der Waals surface area contributed by atoms with E-state index in [1.807, 2.05) is 0 Å². The van der Waals surface area contributed by atoms with E-state index in [4.69, 9.17) is 14.2 Å². The Labute approximate surface area is 177 Å². The average molecular weight is 447 g/mol. The first-order valence-electron chi connectivity index (χ1n) is 8.88. The highest BCUT2D eigenvalue weighted by atomic mass is 32.2. The predicted octanol–water partition coefficient (Wildman–Crippen LogP) is 3.32. The van der Waals surface area contributed by atoms with Crippen LogP contribution in [-0.4, -0.2) is 34.8 Å². The smallest absolute Gasteiger partial charge is 0.274 e. The Balaban J connectivity index is 1.64. The number of carbonyl (C=O) groups excluding carboxylic acids is 1. The van der Waals surface area contributed by atoms with E-state index in [-0.39, 0.29) is 16.7 Å². The van der Waals surface area contributed by atoms with Crippen LogP contribution in [0.25, 0.3) is 0 Å². The van der Waals surface area contributed by atoms with Gasteiger partial charge < -0.3 is 19.5 Å². The number of hydrogen-bond acceptors (Lipinski definition) is 7. The second-order valence-corrected chi connectivity index (χ2v) is 9.27. The zero-order valence-corrected chi connectivity index (χ0v) is 17.5. The maximum Gasteiger partial charge on any atom is 0.274 e. The van der Waals surface area contributed by atoms with Gasteiger partial charge in [0.25, 0.3) is 10.0 Å². The molecule has 1 N–H and O–H groups in total. The molecular formula is C20H18N2O6S2. The highest BCUT2D eigenvalue weighted by Crippen LogP contribution is 2.35. The van der Waals surface area contributed by atoms with Crippen molar-refractivity contribution in [1.29, 1.82) is 0 Å². The molecule has 156 valence electrons. The van der Waals surface area contributed by atoms with Gasteiger partial charge >= 0.3 is 0 Å². The summed E-state index contributed by atoms with van der Waals surface area (Å²) in [5.74, 6) is 0.929. The molecule has 0 atom stereocenters. The summed E-state index contributed by atoms with van der Waals surface area (Å²) in [6.45, 7) is -0.317. The van der Waals surface area contributed by atoms with Crippen molar-refractivity contribution in [3.63, 3.8) is 0 Å². The number of anilines is 2. The van der Waals surface area contributed by atoms with Gasteiger partial charge in [0.1, 0.15) is 16.5 Å². The standard InChI is InChI=1S/C20H18N2O6S2/c1-26-16-6-3-2-5-15(16)22(30(24,25)20-7-4-10-29-20)12-19(23)21-14-8-9-17-18(11-14)28-13-27-17/h2-11H,12-13H2,1H3,(H,21,23). The summed E-state index contributed by atoms with van der Waals surface area (Å²) in [4.78, 5) is 12.8. The molecule has 30 heavy (non-hydrogen) atoms. The van der Waals surface area contributed by atoms with E-state index < -0.39 is 22.5 Å². The Hall–Kier alpha value is -3.24. The van der Waals surface area contributed by atoms with Crippen LogP contribution in [0, 0.1) is 0 Å². The number of ether oxygens (including phenoxy) is 3. The fourth-order valence-corrected chi connectivity index (χ4v) is 5.50. The van der Waals surface area contributed by atoms with E-state index >= 15 is 0 Å². The van der Waals surface area contributed by atoms with Crippen molar-refractivity contribution in [2.75, 3.05) is 30.1 Å². The second-order valence-electron chi connectivity index (χ2n) is 6.23. The van der Waals surface area contributed by atoms with E-state index in [1.54, 1.807) is 53.9 Å². The zero-order chi connectivity index (χ0) is 21.1. The fourth-order valence-electron chi connectivity index (χ4n) is 2.96. The second kappa shape index (κ2) is 8.25. The summed E-state index contributed by atoms with van der Waals surface area (Å²) in [7, 11) is -2.53. The topological polar surface area (TPSA) is 94.2 Å². The minimum absolute atomic E-state index is 0.118. The van der Waals surface area contributed by atoms with E-state index in [0.29, 0.717) is 22.9 Å². The van der Waals surface area contributed by atoms with Crippen LogP contribution in [-0.2, 0) is 14.8 Å². The first-order valence-corrected chi connectivity index (χ1v) is 11.2. The number of benzene rings is 2. The number of nitrogens with zero attached hydrogens (tertiary/aromatic N) is 1. The van der Waals surface area contributed by atoms with E-state index in [9.17, 15) is 13.2 Å². The molecule has 0 aliphatic carbocycles. The Morgan fingerprint density at radius 3 is 2.70 bits per heavy atom. The molecule has 0 radical (unpaired) electrons. The van der Waals surface area contributed by atoms with Crippen molar-refractivity contribution in [3.8, 4) is 17.2 Å². The molecule has 0 unspecified atom stereocenters. The molecule has 1 aromatic heterocycles. The van der Waals surface area contributed by atoms with Gasteiger partial charge in [-0.1, -0.05) is 18.2 Å². The lowest BCUT2D eigenvalue weighted by Crippen LogP contribution is -2.38. The average Bonchev–Trinajstić information content (AvgIpc) is 3.44. The Bertz CT molecular complexity index is 1160. The van der Waals surface area contributed by atoms with Crippen LogP contribution < -0.4 is 23.8 Å². The molecule has 0 saturated carbocycles. The molecule has 3 aromatic rings. The van der Waals surface area contributed by atoms with Crippen LogP contribution >= 0.6 is 11.3 Å². The number of para-hydroxylation sites is 2. The molecule has 0 spiro atoms.